The molecule has 2 rings (SSSR count). The summed E-state index contributed by atoms with van der Waals surface area (Å²) >= 11 is 6.14. The summed E-state index contributed by atoms with van der Waals surface area (Å²) < 4.78 is 0. The van der Waals surface area contributed by atoms with Crippen molar-refractivity contribution in [1.82, 2.24) is 0 Å². The van der Waals surface area contributed by atoms with E-state index in [1.54, 1.807) is 0 Å². The van der Waals surface area contributed by atoms with Crippen LogP contribution in [0.3, 0.4) is 0 Å². The number of rotatable bonds is 4. The Bertz CT molecular complexity index is 575. The molecule has 0 spiro atoms. The average Bonchev–Trinajstić information content (AvgIpc) is 2.42. The van der Waals surface area contributed by atoms with Gasteiger partial charge in [-0.15, -0.1) is 0 Å². The second-order valence-electron chi connectivity index (χ2n) is 4.74. The summed E-state index contributed by atoms with van der Waals surface area (Å²) in [7, 11) is 0. The second kappa shape index (κ2) is 6.05. The number of hydrogen-bond acceptors (Lipinski definition) is 1. The van der Waals surface area contributed by atoms with E-state index in [4.69, 9.17) is 17.3 Å². The Balaban J connectivity index is 2.16. The van der Waals surface area contributed by atoms with Crippen molar-refractivity contribution in [2.45, 2.75) is 19.4 Å². The van der Waals surface area contributed by atoms with Crippen molar-refractivity contribution >= 4 is 17.2 Å². The molecule has 0 bridgehead atoms. The van der Waals surface area contributed by atoms with Crippen molar-refractivity contribution in [2.24, 2.45) is 5.73 Å². The molecule has 1 atom stereocenters. The molecule has 2 aromatic carbocycles. The molecule has 0 saturated carbocycles. The maximum Gasteiger partial charge on any atom is 0.0441 e. The molecule has 0 heterocycles. The van der Waals surface area contributed by atoms with Gasteiger partial charge in [0.05, 0.1) is 0 Å². The van der Waals surface area contributed by atoms with E-state index >= 15 is 0 Å². The summed E-state index contributed by atoms with van der Waals surface area (Å²) in [6.07, 6.45) is 0.727. The Kier molecular flexibility index (Phi) is 4.41. The lowest BCUT2D eigenvalue weighted by Gasteiger charge is -2.16. The zero-order chi connectivity index (χ0) is 13.8. The van der Waals surface area contributed by atoms with E-state index in [0.717, 1.165) is 33.7 Å². The standard InChI is InChI=1S/C17H18ClN/c1-12(15-9-6-10-16(18)13(15)2)11-17(19)14-7-4-3-5-8-14/h3-10,17H,1,11,19H2,2H3. The molecular formula is C17H18ClN. The fourth-order valence-electron chi connectivity index (χ4n) is 2.18. The summed E-state index contributed by atoms with van der Waals surface area (Å²) in [6.45, 7) is 6.16. The Morgan fingerprint density at radius 1 is 1.16 bits per heavy atom. The molecular weight excluding hydrogens is 254 g/mol. The van der Waals surface area contributed by atoms with Crippen LogP contribution in [0.15, 0.2) is 55.1 Å². The first-order valence-electron chi connectivity index (χ1n) is 6.33. The molecule has 0 aliphatic carbocycles. The molecule has 2 aromatic rings. The number of hydrogen-bond donors (Lipinski definition) is 1. The van der Waals surface area contributed by atoms with Gasteiger partial charge >= 0.3 is 0 Å². The Hall–Kier alpha value is -1.57. The summed E-state index contributed by atoms with van der Waals surface area (Å²) in [5.41, 5.74) is 10.5. The molecule has 2 heteroatoms. The maximum absolute atomic E-state index is 6.23. The molecule has 0 saturated heterocycles. The van der Waals surface area contributed by atoms with Gasteiger partial charge in [-0.3, -0.25) is 0 Å². The van der Waals surface area contributed by atoms with Crippen LogP contribution < -0.4 is 5.73 Å². The predicted octanol–water partition coefficient (Wildman–Crippen LogP) is 4.75. The first kappa shape index (κ1) is 13.9. The molecule has 98 valence electrons. The van der Waals surface area contributed by atoms with Gasteiger partial charge in [-0.1, -0.05) is 60.6 Å². The van der Waals surface area contributed by atoms with Gasteiger partial charge in [-0.05, 0) is 41.7 Å². The van der Waals surface area contributed by atoms with Crippen molar-refractivity contribution in [3.8, 4) is 0 Å². The zero-order valence-electron chi connectivity index (χ0n) is 11.1. The van der Waals surface area contributed by atoms with Crippen LogP contribution in [0, 0.1) is 6.92 Å². The number of benzene rings is 2. The van der Waals surface area contributed by atoms with Crippen molar-refractivity contribution in [3.63, 3.8) is 0 Å². The van der Waals surface area contributed by atoms with Crippen LogP contribution in [0.25, 0.3) is 5.57 Å². The molecule has 0 amide bonds. The van der Waals surface area contributed by atoms with Gasteiger partial charge in [0.1, 0.15) is 0 Å². The molecule has 1 nitrogen and oxygen atoms in total. The summed E-state index contributed by atoms with van der Waals surface area (Å²) in [5, 5.41) is 0.770. The van der Waals surface area contributed by atoms with Gasteiger partial charge in [0.2, 0.25) is 0 Å². The summed E-state index contributed by atoms with van der Waals surface area (Å²) in [6, 6.07) is 15.9. The van der Waals surface area contributed by atoms with Crippen LogP contribution in [-0.4, -0.2) is 0 Å². The average molecular weight is 272 g/mol. The third-order valence-corrected chi connectivity index (χ3v) is 3.75. The van der Waals surface area contributed by atoms with Gasteiger partial charge in [-0.25, -0.2) is 0 Å². The lowest BCUT2D eigenvalue weighted by Crippen LogP contribution is -2.10. The number of halogens is 1. The fraction of sp³-hybridized carbons (Fsp3) is 0.176. The van der Waals surface area contributed by atoms with Crippen molar-refractivity contribution in [2.75, 3.05) is 0 Å². The van der Waals surface area contributed by atoms with E-state index in [-0.39, 0.29) is 6.04 Å². The minimum atomic E-state index is -0.0351. The predicted molar refractivity (Wildman–Crippen MR) is 83.2 cm³/mol. The van der Waals surface area contributed by atoms with Crippen LogP contribution >= 0.6 is 11.6 Å². The minimum absolute atomic E-state index is 0.0351. The highest BCUT2D eigenvalue weighted by atomic mass is 35.5. The fourth-order valence-corrected chi connectivity index (χ4v) is 2.36. The largest absolute Gasteiger partial charge is 0.324 e. The van der Waals surface area contributed by atoms with Crippen LogP contribution in [0.1, 0.15) is 29.2 Å². The van der Waals surface area contributed by atoms with Crippen LogP contribution in [0.4, 0.5) is 0 Å². The number of nitrogens with two attached hydrogens (primary N) is 1. The van der Waals surface area contributed by atoms with E-state index in [0.29, 0.717) is 0 Å². The van der Waals surface area contributed by atoms with Gasteiger partial charge in [0.15, 0.2) is 0 Å². The molecule has 1 unspecified atom stereocenters. The van der Waals surface area contributed by atoms with E-state index in [9.17, 15) is 0 Å². The zero-order valence-corrected chi connectivity index (χ0v) is 11.8. The van der Waals surface area contributed by atoms with E-state index < -0.39 is 0 Å². The van der Waals surface area contributed by atoms with Gasteiger partial charge < -0.3 is 5.73 Å². The first-order chi connectivity index (χ1) is 9.09. The summed E-state index contributed by atoms with van der Waals surface area (Å²) in [5.74, 6) is 0. The molecule has 19 heavy (non-hydrogen) atoms. The van der Waals surface area contributed by atoms with Crippen LogP contribution in [-0.2, 0) is 0 Å². The normalized spacial score (nSPS) is 12.2. The molecule has 0 aliphatic heterocycles. The van der Waals surface area contributed by atoms with Crippen LogP contribution in [0.5, 0.6) is 0 Å². The van der Waals surface area contributed by atoms with Gasteiger partial charge in [0.25, 0.3) is 0 Å². The SMILES string of the molecule is C=C(CC(N)c1ccccc1)c1cccc(Cl)c1C. The third-order valence-electron chi connectivity index (χ3n) is 3.34. The van der Waals surface area contributed by atoms with Crippen molar-refractivity contribution in [3.05, 3.63) is 76.8 Å². The molecule has 0 aliphatic rings. The molecule has 2 N–H and O–H groups in total. The Morgan fingerprint density at radius 3 is 2.53 bits per heavy atom. The van der Waals surface area contributed by atoms with Gasteiger partial charge in [-0.2, -0.15) is 0 Å². The maximum atomic E-state index is 6.23. The Morgan fingerprint density at radius 2 is 1.84 bits per heavy atom. The third kappa shape index (κ3) is 3.25. The second-order valence-corrected chi connectivity index (χ2v) is 5.14. The topological polar surface area (TPSA) is 26.0 Å². The molecule has 0 fully saturated rings. The van der Waals surface area contributed by atoms with Crippen molar-refractivity contribution < 1.29 is 0 Å². The minimum Gasteiger partial charge on any atom is -0.324 e. The smallest absolute Gasteiger partial charge is 0.0441 e. The Labute approximate surface area is 119 Å². The first-order valence-corrected chi connectivity index (χ1v) is 6.71. The van der Waals surface area contributed by atoms with Crippen LogP contribution in [0.2, 0.25) is 5.02 Å². The highest BCUT2D eigenvalue weighted by Gasteiger charge is 2.11. The van der Waals surface area contributed by atoms with Gasteiger partial charge in [0, 0.05) is 11.1 Å². The van der Waals surface area contributed by atoms with E-state index in [2.05, 4.69) is 6.58 Å². The monoisotopic (exact) mass is 271 g/mol. The summed E-state index contributed by atoms with van der Waals surface area (Å²) in [4.78, 5) is 0. The van der Waals surface area contributed by atoms with E-state index in [1.807, 2.05) is 55.5 Å². The molecule has 0 aromatic heterocycles. The quantitative estimate of drug-likeness (QED) is 0.853. The highest BCUT2D eigenvalue weighted by Crippen LogP contribution is 2.29. The lowest BCUT2D eigenvalue weighted by molar-refractivity contribution is 0.751. The van der Waals surface area contributed by atoms with Crippen molar-refractivity contribution in [1.29, 1.82) is 0 Å². The highest BCUT2D eigenvalue weighted by molar-refractivity contribution is 6.31. The lowest BCUT2D eigenvalue weighted by atomic mass is 9.94. The van der Waals surface area contributed by atoms with E-state index in [1.165, 1.54) is 0 Å². The molecule has 0 radical (unpaired) electrons.